The van der Waals surface area contributed by atoms with Crippen LogP contribution in [0.3, 0.4) is 0 Å². The zero-order valence-electron chi connectivity index (χ0n) is 23.3. The summed E-state index contributed by atoms with van der Waals surface area (Å²) in [6, 6.07) is 11.4. The van der Waals surface area contributed by atoms with Crippen molar-refractivity contribution >= 4 is 54.1 Å². The van der Waals surface area contributed by atoms with Crippen molar-refractivity contribution in [1.29, 1.82) is 0 Å². The third-order valence-corrected chi connectivity index (χ3v) is 8.98. The molecule has 0 aromatic heterocycles. The Hall–Kier alpha value is -4.48. The van der Waals surface area contributed by atoms with Gasteiger partial charge in [0.05, 0.1) is 23.1 Å². The van der Waals surface area contributed by atoms with E-state index in [1.54, 1.807) is 38.1 Å². The van der Waals surface area contributed by atoms with E-state index < -0.39 is 54.1 Å². The number of carboxylic acids is 1. The highest BCUT2D eigenvalue weighted by atomic mass is 32.2. The van der Waals surface area contributed by atoms with Crippen LogP contribution in [0.15, 0.2) is 64.8 Å². The van der Waals surface area contributed by atoms with Crippen molar-refractivity contribution in [2.24, 2.45) is 16.0 Å². The Balaban J connectivity index is 1.61. The Kier molecular flexibility index (Phi) is 9.03. The molecule has 7 N–H and O–H groups in total. The van der Waals surface area contributed by atoms with E-state index in [2.05, 4.69) is 15.5 Å². The minimum atomic E-state index is -4.96. The van der Waals surface area contributed by atoms with Crippen molar-refractivity contribution in [2.45, 2.75) is 38.0 Å². The van der Waals surface area contributed by atoms with Crippen LogP contribution in [-0.4, -0.2) is 53.3 Å². The number of phenols is 1. The average molecular weight is 645 g/mol. The van der Waals surface area contributed by atoms with E-state index in [-0.39, 0.29) is 29.7 Å². The smallest absolute Gasteiger partial charge is 0.303 e. The molecule has 0 radical (unpaired) electrons. The first-order chi connectivity index (χ1) is 20.5. The van der Waals surface area contributed by atoms with Crippen molar-refractivity contribution in [1.82, 2.24) is 0 Å². The standard InChI is InChI=1S/C28H28N4O10S2/c1-14-11-16(3-6-19(14)30-24(33)9-10-25(34)35)17-4-7-20(15(2)12-17)31-32-21-8-5-18-22(43(37,38)39)13-23(44(40,41)42)27(29)26(18)28(21)36/h3-8,11-13,23,27,36H,9-10,29H2,1-2H3,(H,30,33)(H,34,35)(H,37,38,39)(H,40,41,42). The van der Waals surface area contributed by atoms with Crippen molar-refractivity contribution in [3.63, 3.8) is 0 Å². The van der Waals surface area contributed by atoms with Crippen molar-refractivity contribution < 1.29 is 45.7 Å². The number of phenolic OH excluding ortho intramolecular Hbond substituents is 1. The van der Waals surface area contributed by atoms with Gasteiger partial charge in [-0.3, -0.25) is 18.7 Å². The van der Waals surface area contributed by atoms with Gasteiger partial charge in [-0.15, -0.1) is 5.11 Å². The maximum absolute atomic E-state index is 12.0. The second-order valence-electron chi connectivity index (χ2n) is 10.1. The van der Waals surface area contributed by atoms with Gasteiger partial charge in [0.15, 0.2) is 0 Å². The van der Waals surface area contributed by atoms with Gasteiger partial charge in [-0.2, -0.15) is 21.9 Å². The number of nitrogens with two attached hydrogens (primary N) is 1. The molecular formula is C28H28N4O10S2. The number of aryl methyl sites for hydroxylation is 2. The molecule has 2 unspecified atom stereocenters. The van der Waals surface area contributed by atoms with Gasteiger partial charge >= 0.3 is 5.97 Å². The summed E-state index contributed by atoms with van der Waals surface area (Å²) in [5.74, 6) is -2.15. The maximum Gasteiger partial charge on any atom is 0.303 e. The van der Waals surface area contributed by atoms with E-state index in [1.807, 2.05) is 12.1 Å². The van der Waals surface area contributed by atoms with Crippen LogP contribution < -0.4 is 11.1 Å². The minimum absolute atomic E-state index is 0.143. The molecule has 0 aliphatic heterocycles. The average Bonchev–Trinajstić information content (AvgIpc) is 2.91. The van der Waals surface area contributed by atoms with Gasteiger partial charge < -0.3 is 21.3 Å². The normalized spacial score (nSPS) is 16.8. The summed E-state index contributed by atoms with van der Waals surface area (Å²) in [6.07, 6.45) is 0.193. The fourth-order valence-electron chi connectivity index (χ4n) is 4.70. The predicted molar refractivity (Wildman–Crippen MR) is 161 cm³/mol. The highest BCUT2D eigenvalue weighted by Crippen LogP contribution is 2.45. The molecule has 0 heterocycles. The first-order valence-corrected chi connectivity index (χ1v) is 15.8. The first-order valence-electron chi connectivity index (χ1n) is 12.9. The molecule has 2 atom stereocenters. The summed E-state index contributed by atoms with van der Waals surface area (Å²) < 4.78 is 66.8. The number of carbonyl (C=O) groups excluding carboxylic acids is 1. The van der Waals surface area contributed by atoms with Gasteiger partial charge in [0.1, 0.15) is 16.7 Å². The third kappa shape index (κ3) is 7.00. The lowest BCUT2D eigenvalue weighted by Gasteiger charge is -2.28. The van der Waals surface area contributed by atoms with Gasteiger partial charge in [-0.05, 0) is 72.5 Å². The quantitative estimate of drug-likeness (QED) is 0.141. The minimum Gasteiger partial charge on any atom is -0.505 e. The monoisotopic (exact) mass is 644 g/mol. The zero-order chi connectivity index (χ0) is 32.6. The van der Waals surface area contributed by atoms with Crippen LogP contribution in [0.4, 0.5) is 17.1 Å². The largest absolute Gasteiger partial charge is 0.505 e. The maximum atomic E-state index is 12.0. The van der Waals surface area contributed by atoms with Crippen molar-refractivity contribution in [3.8, 4) is 16.9 Å². The number of anilines is 1. The van der Waals surface area contributed by atoms with Crippen LogP contribution >= 0.6 is 0 Å². The molecule has 1 aliphatic rings. The number of carbonyl (C=O) groups is 2. The Morgan fingerprint density at radius 1 is 0.886 bits per heavy atom. The first kappa shape index (κ1) is 32.4. The van der Waals surface area contributed by atoms with Crippen LogP contribution in [0.1, 0.15) is 41.1 Å². The number of azo groups is 1. The zero-order valence-corrected chi connectivity index (χ0v) is 24.9. The van der Waals surface area contributed by atoms with E-state index in [4.69, 9.17) is 10.8 Å². The van der Waals surface area contributed by atoms with E-state index >= 15 is 0 Å². The van der Waals surface area contributed by atoms with Gasteiger partial charge in [-0.25, -0.2) is 0 Å². The molecule has 0 spiro atoms. The number of rotatable bonds is 9. The summed E-state index contributed by atoms with van der Waals surface area (Å²) in [6.45, 7) is 3.57. The summed E-state index contributed by atoms with van der Waals surface area (Å²) >= 11 is 0. The molecule has 0 saturated heterocycles. The number of aromatic hydroxyl groups is 1. The molecule has 0 bridgehead atoms. The molecule has 232 valence electrons. The molecule has 3 aromatic carbocycles. The van der Waals surface area contributed by atoms with Gasteiger partial charge in [0.25, 0.3) is 20.2 Å². The van der Waals surface area contributed by atoms with Gasteiger partial charge in [0.2, 0.25) is 5.91 Å². The highest BCUT2D eigenvalue weighted by Gasteiger charge is 2.40. The number of aliphatic carboxylic acids is 1. The fraction of sp³-hybridized carbons (Fsp3) is 0.214. The summed E-state index contributed by atoms with van der Waals surface area (Å²) in [5.41, 5.74) is 9.26. The lowest BCUT2D eigenvalue weighted by atomic mass is 9.91. The Morgan fingerprint density at radius 2 is 1.48 bits per heavy atom. The number of fused-ring (bicyclic) bond motifs is 1. The number of hydrogen-bond acceptors (Lipinski definition) is 10. The van der Waals surface area contributed by atoms with Crippen LogP contribution in [0.25, 0.3) is 16.0 Å². The number of hydrogen-bond donors (Lipinski definition) is 6. The van der Waals surface area contributed by atoms with Crippen molar-refractivity contribution in [3.05, 3.63) is 76.9 Å². The molecule has 3 aromatic rings. The number of carboxylic acid groups (broad SMARTS) is 1. The number of benzene rings is 3. The molecule has 4 rings (SSSR count). The Labute approximate surface area is 252 Å². The Bertz CT molecular complexity index is 1950. The van der Waals surface area contributed by atoms with Gasteiger partial charge in [0, 0.05) is 23.2 Å². The SMILES string of the molecule is Cc1cc(-c2ccc(NC(=O)CCC(=O)O)c(C)c2)ccc1N=Nc1ccc2c(c1O)C(N)C(S(=O)(=O)O)C=C2S(=O)(=O)O. The molecule has 16 heteroatoms. The number of amides is 1. The number of nitrogens with one attached hydrogen (secondary N) is 1. The lowest BCUT2D eigenvalue weighted by molar-refractivity contribution is -0.138. The van der Waals surface area contributed by atoms with Crippen LogP contribution in [0.2, 0.25) is 0 Å². The van der Waals surface area contributed by atoms with Crippen LogP contribution in [0.5, 0.6) is 5.75 Å². The summed E-state index contributed by atoms with van der Waals surface area (Å²) in [7, 11) is -9.89. The van der Waals surface area contributed by atoms with E-state index in [9.17, 15) is 40.6 Å². The fourth-order valence-corrected chi connectivity index (χ4v) is 6.38. The van der Waals surface area contributed by atoms with Crippen LogP contribution in [0, 0.1) is 13.8 Å². The molecule has 1 aliphatic carbocycles. The Morgan fingerprint density at radius 3 is 2.05 bits per heavy atom. The second-order valence-corrected chi connectivity index (χ2v) is 13.0. The third-order valence-electron chi connectivity index (χ3n) is 6.95. The van der Waals surface area contributed by atoms with Crippen LogP contribution in [-0.2, 0) is 29.8 Å². The van der Waals surface area contributed by atoms with E-state index in [0.717, 1.165) is 16.7 Å². The van der Waals surface area contributed by atoms with E-state index in [0.29, 0.717) is 23.0 Å². The van der Waals surface area contributed by atoms with Crippen molar-refractivity contribution in [2.75, 3.05) is 5.32 Å². The molecule has 0 saturated carbocycles. The van der Waals surface area contributed by atoms with E-state index in [1.165, 1.54) is 12.1 Å². The summed E-state index contributed by atoms with van der Waals surface area (Å²) in [5, 5.41) is 28.6. The number of nitrogens with zero attached hydrogens (tertiary/aromatic N) is 2. The molecular weight excluding hydrogens is 616 g/mol. The summed E-state index contributed by atoms with van der Waals surface area (Å²) in [4.78, 5) is 21.8. The predicted octanol–water partition coefficient (Wildman–Crippen LogP) is 4.39. The molecule has 1 amide bonds. The highest BCUT2D eigenvalue weighted by molar-refractivity contribution is 7.95. The second kappa shape index (κ2) is 12.3. The molecule has 44 heavy (non-hydrogen) atoms. The van der Waals surface area contributed by atoms with Gasteiger partial charge in [-0.1, -0.05) is 18.2 Å². The molecule has 14 nitrogen and oxygen atoms in total. The lowest BCUT2D eigenvalue weighted by Crippen LogP contribution is -2.35. The topological polar surface area (TPSA) is 246 Å². The molecule has 0 fully saturated rings.